The number of hydrogen-bond donors (Lipinski definition) is 1. The molecule has 4 heteroatoms. The Morgan fingerprint density at radius 2 is 1.68 bits per heavy atom. The van der Waals surface area contributed by atoms with Crippen LogP contribution in [0.4, 0.5) is 5.69 Å². The fourth-order valence-corrected chi connectivity index (χ4v) is 4.31. The molecule has 2 saturated heterocycles. The number of piperidine rings is 2. The molecule has 2 fully saturated rings. The van der Waals surface area contributed by atoms with E-state index in [2.05, 4.69) is 17.3 Å². The summed E-state index contributed by atoms with van der Waals surface area (Å²) in [6, 6.07) is 7.59. The van der Waals surface area contributed by atoms with E-state index in [1.54, 1.807) is 0 Å². The molecule has 1 aromatic rings. The first kappa shape index (κ1) is 13.5. The first-order chi connectivity index (χ1) is 9.20. The smallest absolute Gasteiger partial charge is 0.0749 e. The topological polar surface area (TPSA) is 15.3 Å². The lowest BCUT2D eigenvalue weighted by atomic mass is 9.81. The summed E-state index contributed by atoms with van der Waals surface area (Å²) in [5, 5.41) is 5.01. The van der Waals surface area contributed by atoms with Crippen LogP contribution in [0, 0.1) is 0 Å². The van der Waals surface area contributed by atoms with Crippen molar-refractivity contribution in [1.82, 2.24) is 5.32 Å². The summed E-state index contributed by atoms with van der Waals surface area (Å²) in [5.74, 6) is 0. The van der Waals surface area contributed by atoms with Gasteiger partial charge < -0.3 is 10.2 Å². The number of rotatable bonds is 2. The van der Waals surface area contributed by atoms with Gasteiger partial charge in [-0.3, -0.25) is 0 Å². The summed E-state index contributed by atoms with van der Waals surface area (Å²) < 4.78 is 0. The van der Waals surface area contributed by atoms with Gasteiger partial charge in [-0.15, -0.1) is 0 Å². The number of nitrogens with zero attached hydrogens (tertiary/aromatic N) is 1. The summed E-state index contributed by atoms with van der Waals surface area (Å²) in [6.45, 7) is 0. The minimum Gasteiger partial charge on any atom is -0.363 e. The molecule has 1 N–H and O–H groups in total. The lowest BCUT2D eigenvalue weighted by molar-refractivity contribution is 0.252. The molecular weight excluding hydrogens is 279 g/mol. The van der Waals surface area contributed by atoms with Crippen molar-refractivity contribution >= 4 is 28.9 Å². The number of benzene rings is 1. The highest BCUT2D eigenvalue weighted by molar-refractivity contribution is 6.39. The van der Waals surface area contributed by atoms with Crippen molar-refractivity contribution in [3.05, 3.63) is 28.2 Å². The van der Waals surface area contributed by atoms with Gasteiger partial charge in [0.2, 0.25) is 0 Å². The van der Waals surface area contributed by atoms with Gasteiger partial charge in [-0.1, -0.05) is 29.3 Å². The molecule has 3 rings (SSSR count). The van der Waals surface area contributed by atoms with Crippen LogP contribution < -0.4 is 10.2 Å². The van der Waals surface area contributed by atoms with Gasteiger partial charge in [0.15, 0.2) is 0 Å². The number of halogens is 2. The number of para-hydroxylation sites is 1. The summed E-state index contributed by atoms with van der Waals surface area (Å²) >= 11 is 12.8. The molecule has 0 amide bonds. The maximum absolute atomic E-state index is 6.40. The molecular formula is C15H20Cl2N2. The fraction of sp³-hybridized carbons (Fsp3) is 0.600. The Morgan fingerprint density at radius 3 is 2.21 bits per heavy atom. The van der Waals surface area contributed by atoms with Crippen molar-refractivity contribution < 1.29 is 0 Å². The molecule has 2 nitrogen and oxygen atoms in total. The maximum Gasteiger partial charge on any atom is 0.0749 e. The third-order valence-electron chi connectivity index (χ3n) is 4.58. The lowest BCUT2D eigenvalue weighted by Gasteiger charge is -2.50. The maximum atomic E-state index is 6.40. The van der Waals surface area contributed by atoms with Crippen LogP contribution in [0.25, 0.3) is 0 Å². The zero-order valence-corrected chi connectivity index (χ0v) is 12.7. The molecule has 2 atom stereocenters. The molecule has 19 heavy (non-hydrogen) atoms. The van der Waals surface area contributed by atoms with E-state index in [-0.39, 0.29) is 0 Å². The molecule has 2 aliphatic rings. The van der Waals surface area contributed by atoms with Crippen LogP contribution in [0.15, 0.2) is 18.2 Å². The number of anilines is 1. The summed E-state index contributed by atoms with van der Waals surface area (Å²) in [6.07, 6.45) is 6.19. The third-order valence-corrected chi connectivity index (χ3v) is 5.19. The molecule has 2 heterocycles. The molecule has 0 aromatic heterocycles. The van der Waals surface area contributed by atoms with Crippen molar-refractivity contribution in [2.75, 3.05) is 11.9 Å². The Hall–Kier alpha value is -0.440. The van der Waals surface area contributed by atoms with Gasteiger partial charge >= 0.3 is 0 Å². The minimum atomic E-state index is 0.572. The summed E-state index contributed by atoms with van der Waals surface area (Å²) in [4.78, 5) is 2.50. The van der Waals surface area contributed by atoms with Crippen LogP contribution >= 0.6 is 23.2 Å². The van der Waals surface area contributed by atoms with Gasteiger partial charge in [0.05, 0.1) is 15.7 Å². The second kappa shape index (κ2) is 5.51. The monoisotopic (exact) mass is 298 g/mol. The van der Waals surface area contributed by atoms with E-state index in [0.717, 1.165) is 15.7 Å². The van der Waals surface area contributed by atoms with Crippen LogP contribution in [0.3, 0.4) is 0 Å². The molecule has 0 spiro atoms. The first-order valence-corrected chi connectivity index (χ1v) is 7.86. The van der Waals surface area contributed by atoms with E-state index in [0.29, 0.717) is 18.1 Å². The minimum absolute atomic E-state index is 0.572. The molecule has 104 valence electrons. The zero-order valence-electron chi connectivity index (χ0n) is 11.2. The average Bonchev–Trinajstić information content (AvgIpc) is 2.38. The molecule has 1 aromatic carbocycles. The van der Waals surface area contributed by atoms with Crippen LogP contribution in [-0.4, -0.2) is 25.2 Å². The van der Waals surface area contributed by atoms with Gasteiger partial charge in [0.25, 0.3) is 0 Å². The number of fused-ring (bicyclic) bond motifs is 2. The van der Waals surface area contributed by atoms with Crippen molar-refractivity contribution in [2.24, 2.45) is 0 Å². The normalized spacial score (nSPS) is 30.5. The Bertz CT molecular complexity index is 429. The highest BCUT2D eigenvalue weighted by Gasteiger charge is 2.39. The van der Waals surface area contributed by atoms with E-state index in [4.69, 9.17) is 23.2 Å². The largest absolute Gasteiger partial charge is 0.363 e. The zero-order chi connectivity index (χ0) is 13.4. The average molecular weight is 299 g/mol. The van der Waals surface area contributed by atoms with E-state index >= 15 is 0 Å². The molecule has 2 bridgehead atoms. The Labute approximate surface area is 125 Å². The third kappa shape index (κ3) is 2.46. The number of hydrogen-bond acceptors (Lipinski definition) is 2. The second-order valence-electron chi connectivity index (χ2n) is 5.67. The fourth-order valence-electron chi connectivity index (χ4n) is 3.72. The molecule has 2 aliphatic heterocycles. The Kier molecular flexibility index (Phi) is 3.93. The van der Waals surface area contributed by atoms with Gasteiger partial charge in [-0.25, -0.2) is 0 Å². The lowest BCUT2D eigenvalue weighted by Crippen LogP contribution is -2.56. The highest BCUT2D eigenvalue weighted by Crippen LogP contribution is 2.43. The molecule has 0 aliphatic carbocycles. The standard InChI is InChI=1S/C15H20Cl2N2/c1-18-10-8-11-4-2-5-12(9-10)19(11)15-13(16)6-3-7-14(15)17/h3,6-7,10-12,18H,2,4-5,8-9H2,1H3. The van der Waals surface area contributed by atoms with Gasteiger partial charge in [-0.05, 0) is 51.3 Å². The Balaban J connectivity index is 1.96. The van der Waals surface area contributed by atoms with E-state index < -0.39 is 0 Å². The van der Waals surface area contributed by atoms with Gasteiger partial charge in [0.1, 0.15) is 0 Å². The van der Waals surface area contributed by atoms with Gasteiger partial charge in [-0.2, -0.15) is 0 Å². The predicted octanol–water partition coefficient (Wildman–Crippen LogP) is 4.10. The highest BCUT2D eigenvalue weighted by atomic mass is 35.5. The quantitative estimate of drug-likeness (QED) is 0.884. The Morgan fingerprint density at radius 1 is 1.11 bits per heavy atom. The molecule has 2 unspecified atom stereocenters. The SMILES string of the molecule is CNC1CC2CCCC(C1)N2c1c(Cl)cccc1Cl. The predicted molar refractivity (Wildman–Crippen MR) is 82.4 cm³/mol. The summed E-state index contributed by atoms with van der Waals surface area (Å²) in [5.41, 5.74) is 1.05. The van der Waals surface area contributed by atoms with E-state index in [1.807, 2.05) is 18.2 Å². The van der Waals surface area contributed by atoms with Crippen molar-refractivity contribution in [3.8, 4) is 0 Å². The number of nitrogens with one attached hydrogen (secondary N) is 1. The van der Waals surface area contributed by atoms with E-state index in [1.165, 1.54) is 32.1 Å². The van der Waals surface area contributed by atoms with Crippen molar-refractivity contribution in [1.29, 1.82) is 0 Å². The van der Waals surface area contributed by atoms with Crippen molar-refractivity contribution in [2.45, 2.75) is 50.2 Å². The summed E-state index contributed by atoms with van der Waals surface area (Å²) in [7, 11) is 2.07. The van der Waals surface area contributed by atoms with Gasteiger partial charge in [0, 0.05) is 18.1 Å². The van der Waals surface area contributed by atoms with Crippen LogP contribution in [-0.2, 0) is 0 Å². The molecule has 0 radical (unpaired) electrons. The second-order valence-corrected chi connectivity index (χ2v) is 6.49. The van der Waals surface area contributed by atoms with Crippen LogP contribution in [0.5, 0.6) is 0 Å². The van der Waals surface area contributed by atoms with Crippen LogP contribution in [0.1, 0.15) is 32.1 Å². The van der Waals surface area contributed by atoms with Crippen molar-refractivity contribution in [3.63, 3.8) is 0 Å². The molecule has 0 saturated carbocycles. The first-order valence-electron chi connectivity index (χ1n) is 7.10. The van der Waals surface area contributed by atoms with E-state index in [9.17, 15) is 0 Å². The van der Waals surface area contributed by atoms with Crippen LogP contribution in [0.2, 0.25) is 10.0 Å².